The summed E-state index contributed by atoms with van der Waals surface area (Å²) in [4.78, 5) is 32.4. The normalized spacial score (nSPS) is 13.3. The lowest BCUT2D eigenvalue weighted by molar-refractivity contribution is -0.117. The molecule has 0 spiro atoms. The molecular formula is C27H21N5O2. The molecule has 2 aromatic heterocycles. The van der Waals surface area contributed by atoms with E-state index >= 15 is 0 Å². The lowest BCUT2D eigenvalue weighted by Gasteiger charge is -2.08. The number of H-pyrrole nitrogens is 1. The summed E-state index contributed by atoms with van der Waals surface area (Å²) in [5.74, 6) is 0.131. The van der Waals surface area contributed by atoms with E-state index in [1.165, 1.54) is 0 Å². The summed E-state index contributed by atoms with van der Waals surface area (Å²) in [6, 6.07) is 20.5. The van der Waals surface area contributed by atoms with Crippen LogP contribution in [0.1, 0.15) is 18.4 Å². The molecule has 1 aliphatic carbocycles. The van der Waals surface area contributed by atoms with Gasteiger partial charge >= 0.3 is 0 Å². The molecule has 2 aromatic carbocycles. The number of carbonyl (C=O) groups excluding carboxylic acids is 2. The Hall–Kier alpha value is -4.70. The van der Waals surface area contributed by atoms with Crippen LogP contribution >= 0.6 is 0 Å². The number of benzene rings is 2. The number of nitriles is 1. The molecule has 0 saturated heterocycles. The third-order valence-electron chi connectivity index (χ3n) is 5.71. The second-order valence-corrected chi connectivity index (χ2v) is 8.16. The van der Waals surface area contributed by atoms with Crippen LogP contribution < -0.4 is 10.6 Å². The van der Waals surface area contributed by atoms with E-state index in [1.54, 1.807) is 18.3 Å². The number of nitrogens with zero attached hydrogens (tertiary/aromatic N) is 2. The number of rotatable bonds is 6. The highest BCUT2D eigenvalue weighted by Gasteiger charge is 2.29. The minimum Gasteiger partial charge on any atom is -0.359 e. The Morgan fingerprint density at radius 1 is 1.06 bits per heavy atom. The van der Waals surface area contributed by atoms with Crippen LogP contribution in [0, 0.1) is 17.2 Å². The van der Waals surface area contributed by atoms with Gasteiger partial charge in [0, 0.05) is 29.3 Å². The molecule has 0 atom stereocenters. The molecule has 0 radical (unpaired) electrons. The summed E-state index contributed by atoms with van der Waals surface area (Å²) in [6.07, 6.45) is 6.93. The van der Waals surface area contributed by atoms with Crippen LogP contribution in [0.3, 0.4) is 0 Å². The van der Waals surface area contributed by atoms with Gasteiger partial charge in [0.25, 0.3) is 5.91 Å². The van der Waals surface area contributed by atoms with Crippen molar-refractivity contribution in [2.45, 2.75) is 12.8 Å². The van der Waals surface area contributed by atoms with Gasteiger partial charge in [-0.3, -0.25) is 9.59 Å². The standard InChI is InChI=1S/C27H21N5O2/c28-15-20(13-17-5-2-1-3-6-17)27(34)31-23-8-4-7-21-22(16-30-25(21)23)19-11-12-29-24(14-19)32-26(33)18-9-10-18/h1-8,11-14,16,18,30H,9-10H2,(H,31,34)(H,29,32,33). The summed E-state index contributed by atoms with van der Waals surface area (Å²) >= 11 is 0. The Morgan fingerprint density at radius 3 is 2.65 bits per heavy atom. The van der Waals surface area contributed by atoms with E-state index in [-0.39, 0.29) is 17.4 Å². The molecule has 0 unspecified atom stereocenters. The van der Waals surface area contributed by atoms with E-state index in [1.807, 2.05) is 66.9 Å². The largest absolute Gasteiger partial charge is 0.359 e. The molecule has 7 heteroatoms. The highest BCUT2D eigenvalue weighted by atomic mass is 16.2. The molecule has 2 heterocycles. The number of pyridine rings is 1. The zero-order valence-electron chi connectivity index (χ0n) is 18.2. The van der Waals surface area contributed by atoms with E-state index in [0.29, 0.717) is 11.5 Å². The maximum Gasteiger partial charge on any atom is 0.266 e. The number of hydrogen-bond donors (Lipinski definition) is 3. The average Bonchev–Trinajstić information content (AvgIpc) is 3.62. The molecule has 34 heavy (non-hydrogen) atoms. The first-order chi connectivity index (χ1) is 16.6. The van der Waals surface area contributed by atoms with Crippen LogP contribution in [0.4, 0.5) is 11.5 Å². The van der Waals surface area contributed by atoms with Gasteiger partial charge < -0.3 is 15.6 Å². The SMILES string of the molecule is N#CC(=Cc1ccccc1)C(=O)Nc1cccc2c(-c3ccnc(NC(=O)C4CC4)c3)c[nH]c12. The van der Waals surface area contributed by atoms with Crippen LogP contribution in [0.2, 0.25) is 0 Å². The van der Waals surface area contributed by atoms with Crippen molar-refractivity contribution in [3.05, 3.63) is 84.2 Å². The van der Waals surface area contributed by atoms with E-state index in [9.17, 15) is 14.9 Å². The Morgan fingerprint density at radius 2 is 1.88 bits per heavy atom. The minimum absolute atomic E-state index is 0.00503. The second-order valence-electron chi connectivity index (χ2n) is 8.16. The Labute approximate surface area is 196 Å². The van der Waals surface area contributed by atoms with E-state index < -0.39 is 5.91 Å². The number of aromatic amines is 1. The molecule has 7 nitrogen and oxygen atoms in total. The molecular weight excluding hydrogens is 426 g/mol. The van der Waals surface area contributed by atoms with Crippen molar-refractivity contribution in [3.63, 3.8) is 0 Å². The lowest BCUT2D eigenvalue weighted by Crippen LogP contribution is -2.14. The molecule has 166 valence electrons. The quantitative estimate of drug-likeness (QED) is 0.281. The molecule has 3 N–H and O–H groups in total. The van der Waals surface area contributed by atoms with Crippen molar-refractivity contribution in [1.29, 1.82) is 5.26 Å². The number of fused-ring (bicyclic) bond motifs is 1. The summed E-state index contributed by atoms with van der Waals surface area (Å²) in [6.45, 7) is 0. The van der Waals surface area contributed by atoms with E-state index in [0.717, 1.165) is 40.4 Å². The van der Waals surface area contributed by atoms with Crippen LogP contribution in [0.5, 0.6) is 0 Å². The topological polar surface area (TPSA) is 111 Å². The van der Waals surface area contributed by atoms with Gasteiger partial charge in [-0.2, -0.15) is 5.26 Å². The predicted octanol–water partition coefficient (Wildman–Crippen LogP) is 5.12. The van der Waals surface area contributed by atoms with E-state index in [4.69, 9.17) is 0 Å². The first kappa shape index (κ1) is 21.2. The van der Waals surface area contributed by atoms with Crippen molar-refractivity contribution < 1.29 is 9.59 Å². The first-order valence-electron chi connectivity index (χ1n) is 11.0. The van der Waals surface area contributed by atoms with Gasteiger partial charge in [-0.25, -0.2) is 4.98 Å². The molecule has 0 aliphatic heterocycles. The van der Waals surface area contributed by atoms with E-state index in [2.05, 4.69) is 20.6 Å². The maximum atomic E-state index is 12.8. The highest BCUT2D eigenvalue weighted by Crippen LogP contribution is 2.34. The number of para-hydroxylation sites is 1. The number of nitrogens with one attached hydrogen (secondary N) is 3. The molecule has 0 bridgehead atoms. The van der Waals surface area contributed by atoms with Crippen LogP contribution in [0.15, 0.2) is 78.6 Å². The average molecular weight is 447 g/mol. The van der Waals surface area contributed by atoms with Gasteiger partial charge in [-0.15, -0.1) is 0 Å². The van der Waals surface area contributed by atoms with Crippen molar-refractivity contribution in [2.24, 2.45) is 5.92 Å². The molecule has 4 aromatic rings. The fraction of sp³-hybridized carbons (Fsp3) is 0.111. The van der Waals surface area contributed by atoms with Gasteiger partial charge in [-0.1, -0.05) is 42.5 Å². The monoisotopic (exact) mass is 447 g/mol. The highest BCUT2D eigenvalue weighted by molar-refractivity contribution is 6.13. The second kappa shape index (κ2) is 9.04. The first-order valence-corrected chi connectivity index (χ1v) is 11.0. The molecule has 5 rings (SSSR count). The predicted molar refractivity (Wildman–Crippen MR) is 132 cm³/mol. The Bertz CT molecular complexity index is 1460. The summed E-state index contributed by atoms with van der Waals surface area (Å²) < 4.78 is 0. The van der Waals surface area contributed by atoms with Gasteiger partial charge in [0.2, 0.25) is 5.91 Å². The summed E-state index contributed by atoms with van der Waals surface area (Å²) in [5.41, 5.74) is 3.90. The van der Waals surface area contributed by atoms with Gasteiger partial charge in [0.15, 0.2) is 0 Å². The zero-order chi connectivity index (χ0) is 23.5. The van der Waals surface area contributed by atoms with Crippen molar-refractivity contribution in [3.8, 4) is 17.2 Å². The van der Waals surface area contributed by atoms with Crippen LogP contribution in [0.25, 0.3) is 28.1 Å². The van der Waals surface area contributed by atoms with Crippen molar-refractivity contribution in [2.75, 3.05) is 10.6 Å². The molecule has 1 aliphatic rings. The maximum absolute atomic E-state index is 12.8. The van der Waals surface area contributed by atoms with Crippen molar-refractivity contribution >= 4 is 40.3 Å². The van der Waals surface area contributed by atoms with Crippen LogP contribution in [-0.2, 0) is 9.59 Å². The fourth-order valence-corrected chi connectivity index (χ4v) is 3.79. The number of aromatic nitrogens is 2. The minimum atomic E-state index is -0.482. The fourth-order valence-electron chi connectivity index (χ4n) is 3.79. The Kier molecular flexibility index (Phi) is 5.63. The zero-order valence-corrected chi connectivity index (χ0v) is 18.2. The third-order valence-corrected chi connectivity index (χ3v) is 5.71. The number of amides is 2. The number of carbonyl (C=O) groups is 2. The number of anilines is 2. The smallest absolute Gasteiger partial charge is 0.266 e. The number of hydrogen-bond acceptors (Lipinski definition) is 4. The van der Waals surface area contributed by atoms with Crippen molar-refractivity contribution in [1.82, 2.24) is 9.97 Å². The summed E-state index contributed by atoms with van der Waals surface area (Å²) in [5, 5.41) is 16.1. The summed E-state index contributed by atoms with van der Waals surface area (Å²) in [7, 11) is 0. The Balaban J connectivity index is 1.42. The van der Waals surface area contributed by atoms with Gasteiger partial charge in [-0.05, 0) is 48.2 Å². The molecule has 1 saturated carbocycles. The van der Waals surface area contributed by atoms with Gasteiger partial charge in [0.05, 0.1) is 11.2 Å². The third kappa shape index (κ3) is 4.43. The molecule has 1 fully saturated rings. The van der Waals surface area contributed by atoms with Gasteiger partial charge in [0.1, 0.15) is 17.5 Å². The lowest BCUT2D eigenvalue weighted by atomic mass is 10.0. The van der Waals surface area contributed by atoms with Crippen LogP contribution in [-0.4, -0.2) is 21.8 Å². The molecule has 2 amide bonds.